The van der Waals surface area contributed by atoms with E-state index in [2.05, 4.69) is 11.1 Å². The molecule has 0 N–H and O–H groups in total. The maximum atomic E-state index is 13.4. The number of fused-ring (bicyclic) bond motifs is 2. The van der Waals surface area contributed by atoms with Crippen molar-refractivity contribution in [3.8, 4) is 0 Å². The van der Waals surface area contributed by atoms with Crippen molar-refractivity contribution in [3.05, 3.63) is 35.9 Å². The highest BCUT2D eigenvalue weighted by Crippen LogP contribution is 2.37. The van der Waals surface area contributed by atoms with Crippen molar-refractivity contribution in [2.75, 3.05) is 0 Å². The number of carbonyl (C=O) groups excluding carboxylic acids is 1. The smallest absolute Gasteiger partial charge is 0.411 e. The van der Waals surface area contributed by atoms with Gasteiger partial charge in [0, 0.05) is 6.04 Å². The zero-order valence-corrected chi connectivity index (χ0v) is 13.9. The molecule has 1 amide bonds. The van der Waals surface area contributed by atoms with Crippen molar-refractivity contribution in [1.29, 1.82) is 0 Å². The standard InChI is InChI=1S/C18H23FN2O2/c1-18(2,3)23-17(22)21-13-6-4-7-14(21)11-12(10-13)15-8-5-9-16(19)20-15/h5,8-10,13-14H,4,6-7,11H2,1-3H3. The third kappa shape index (κ3) is 3.54. The van der Waals surface area contributed by atoms with Gasteiger partial charge in [-0.2, -0.15) is 4.39 Å². The Kier molecular flexibility index (Phi) is 4.13. The molecule has 1 aromatic rings. The predicted octanol–water partition coefficient (Wildman–Crippen LogP) is 4.17. The molecule has 0 aliphatic carbocycles. The zero-order valence-electron chi connectivity index (χ0n) is 13.9. The lowest BCUT2D eigenvalue weighted by molar-refractivity contribution is 0.0000606. The largest absolute Gasteiger partial charge is 0.444 e. The highest BCUT2D eigenvalue weighted by molar-refractivity contribution is 5.73. The van der Waals surface area contributed by atoms with Gasteiger partial charge in [0.25, 0.3) is 0 Å². The molecule has 2 unspecified atom stereocenters. The molecule has 2 aliphatic heterocycles. The Hall–Kier alpha value is -1.91. The second kappa shape index (κ2) is 5.95. The van der Waals surface area contributed by atoms with E-state index in [0.29, 0.717) is 12.1 Å². The number of halogens is 1. The van der Waals surface area contributed by atoms with E-state index in [1.54, 1.807) is 6.07 Å². The quantitative estimate of drug-likeness (QED) is 0.730. The molecule has 2 atom stereocenters. The van der Waals surface area contributed by atoms with Gasteiger partial charge in [-0.05, 0) is 64.2 Å². The van der Waals surface area contributed by atoms with Crippen molar-refractivity contribution in [2.45, 2.75) is 64.1 Å². The number of aromatic nitrogens is 1. The van der Waals surface area contributed by atoms with Crippen LogP contribution in [0.25, 0.3) is 5.57 Å². The van der Waals surface area contributed by atoms with Gasteiger partial charge in [-0.3, -0.25) is 4.90 Å². The number of pyridine rings is 1. The minimum absolute atomic E-state index is 0.0115. The van der Waals surface area contributed by atoms with Crippen LogP contribution in [0.5, 0.6) is 0 Å². The van der Waals surface area contributed by atoms with Gasteiger partial charge in [0.15, 0.2) is 0 Å². The van der Waals surface area contributed by atoms with Crippen molar-refractivity contribution in [2.24, 2.45) is 0 Å². The zero-order chi connectivity index (χ0) is 16.6. The fourth-order valence-corrected chi connectivity index (χ4v) is 3.41. The molecule has 2 aliphatic rings. The lowest BCUT2D eigenvalue weighted by atomic mass is 9.84. The summed E-state index contributed by atoms with van der Waals surface area (Å²) < 4.78 is 18.9. The van der Waals surface area contributed by atoms with Crippen LogP contribution in [-0.2, 0) is 4.74 Å². The molecular formula is C18H23FN2O2. The number of nitrogens with zero attached hydrogens (tertiary/aromatic N) is 2. The number of rotatable bonds is 1. The number of hydrogen-bond acceptors (Lipinski definition) is 3. The normalized spacial score (nSPS) is 24.2. The fourth-order valence-electron chi connectivity index (χ4n) is 3.41. The van der Waals surface area contributed by atoms with E-state index in [-0.39, 0.29) is 18.2 Å². The summed E-state index contributed by atoms with van der Waals surface area (Å²) in [4.78, 5) is 18.4. The molecule has 0 saturated carbocycles. The lowest BCUT2D eigenvalue weighted by Gasteiger charge is -2.45. The van der Waals surface area contributed by atoms with E-state index in [4.69, 9.17) is 4.74 Å². The summed E-state index contributed by atoms with van der Waals surface area (Å²) in [6, 6.07) is 4.97. The molecule has 2 bridgehead atoms. The molecular weight excluding hydrogens is 295 g/mol. The van der Waals surface area contributed by atoms with Crippen molar-refractivity contribution >= 4 is 11.7 Å². The van der Waals surface area contributed by atoms with Crippen LogP contribution in [-0.4, -0.2) is 33.7 Å². The lowest BCUT2D eigenvalue weighted by Crippen LogP contribution is -2.53. The maximum absolute atomic E-state index is 13.4. The van der Waals surface area contributed by atoms with Crippen LogP contribution in [0.2, 0.25) is 0 Å². The molecule has 3 rings (SSSR count). The fraction of sp³-hybridized carbons (Fsp3) is 0.556. The summed E-state index contributed by atoms with van der Waals surface area (Å²) >= 11 is 0. The number of ether oxygens (including phenoxy) is 1. The highest BCUT2D eigenvalue weighted by Gasteiger charge is 2.39. The maximum Gasteiger partial charge on any atom is 0.411 e. The van der Waals surface area contributed by atoms with Gasteiger partial charge in [-0.25, -0.2) is 9.78 Å². The molecule has 3 heterocycles. The summed E-state index contributed by atoms with van der Waals surface area (Å²) in [7, 11) is 0. The van der Waals surface area contributed by atoms with Gasteiger partial charge < -0.3 is 4.74 Å². The molecule has 5 heteroatoms. The topological polar surface area (TPSA) is 42.4 Å². The highest BCUT2D eigenvalue weighted by atomic mass is 19.1. The van der Waals surface area contributed by atoms with Crippen LogP contribution in [0, 0.1) is 5.95 Å². The van der Waals surface area contributed by atoms with Crippen molar-refractivity contribution in [3.63, 3.8) is 0 Å². The summed E-state index contributed by atoms with van der Waals surface area (Å²) in [5.41, 5.74) is 1.20. The van der Waals surface area contributed by atoms with Crippen LogP contribution in [0.15, 0.2) is 24.3 Å². The summed E-state index contributed by atoms with van der Waals surface area (Å²) in [6.07, 6.45) is 5.45. The first kappa shape index (κ1) is 16.0. The molecule has 4 nitrogen and oxygen atoms in total. The van der Waals surface area contributed by atoms with Gasteiger partial charge >= 0.3 is 6.09 Å². The minimum atomic E-state index is -0.501. The molecule has 0 spiro atoms. The predicted molar refractivity (Wildman–Crippen MR) is 86.3 cm³/mol. The Morgan fingerprint density at radius 1 is 1.35 bits per heavy atom. The molecule has 1 saturated heterocycles. The van der Waals surface area contributed by atoms with Gasteiger partial charge in [0.1, 0.15) is 5.60 Å². The Balaban J connectivity index is 1.86. The molecule has 0 radical (unpaired) electrons. The van der Waals surface area contributed by atoms with Crippen LogP contribution in [0.1, 0.15) is 52.1 Å². The number of carbonyl (C=O) groups is 1. The monoisotopic (exact) mass is 318 g/mol. The first-order valence-corrected chi connectivity index (χ1v) is 8.18. The molecule has 1 aromatic heterocycles. The molecule has 23 heavy (non-hydrogen) atoms. The molecule has 124 valence electrons. The third-order valence-electron chi connectivity index (χ3n) is 4.29. The summed E-state index contributed by atoms with van der Waals surface area (Å²) in [6.45, 7) is 5.63. The van der Waals surface area contributed by atoms with Crippen LogP contribution in [0.3, 0.4) is 0 Å². The Labute approximate surface area is 136 Å². The summed E-state index contributed by atoms with van der Waals surface area (Å²) in [5.74, 6) is -0.469. The van der Waals surface area contributed by atoms with Crippen LogP contribution in [0.4, 0.5) is 9.18 Å². The second-order valence-corrected chi connectivity index (χ2v) is 7.28. The summed E-state index contributed by atoms with van der Waals surface area (Å²) in [5, 5.41) is 0. The second-order valence-electron chi connectivity index (χ2n) is 7.28. The Bertz CT molecular complexity index is 636. The number of piperidine rings is 1. The number of amides is 1. The van der Waals surface area contributed by atoms with Crippen LogP contribution >= 0.6 is 0 Å². The van der Waals surface area contributed by atoms with E-state index in [1.807, 2.05) is 31.7 Å². The van der Waals surface area contributed by atoms with E-state index < -0.39 is 11.5 Å². The average Bonchev–Trinajstić information content (AvgIpc) is 2.44. The molecule has 1 fully saturated rings. The SMILES string of the molecule is CC(C)(C)OC(=O)N1C2C=C(c3cccc(F)n3)CC1CCC2. The van der Waals surface area contributed by atoms with Crippen molar-refractivity contribution < 1.29 is 13.9 Å². The van der Waals surface area contributed by atoms with Crippen molar-refractivity contribution in [1.82, 2.24) is 9.88 Å². The minimum Gasteiger partial charge on any atom is -0.444 e. The average molecular weight is 318 g/mol. The first-order chi connectivity index (χ1) is 10.8. The van der Waals surface area contributed by atoms with E-state index in [9.17, 15) is 9.18 Å². The van der Waals surface area contributed by atoms with Gasteiger partial charge in [0.05, 0.1) is 11.7 Å². The van der Waals surface area contributed by atoms with E-state index in [1.165, 1.54) is 6.07 Å². The first-order valence-electron chi connectivity index (χ1n) is 8.18. The Morgan fingerprint density at radius 3 is 2.78 bits per heavy atom. The Morgan fingerprint density at radius 2 is 2.13 bits per heavy atom. The van der Waals surface area contributed by atoms with Gasteiger partial charge in [0.2, 0.25) is 5.95 Å². The van der Waals surface area contributed by atoms with Gasteiger partial charge in [-0.1, -0.05) is 12.1 Å². The molecule has 0 aromatic carbocycles. The van der Waals surface area contributed by atoms with Gasteiger partial charge in [-0.15, -0.1) is 0 Å². The van der Waals surface area contributed by atoms with E-state index >= 15 is 0 Å². The number of hydrogen-bond donors (Lipinski definition) is 0. The van der Waals surface area contributed by atoms with Crippen LogP contribution < -0.4 is 0 Å². The third-order valence-corrected chi connectivity index (χ3v) is 4.29. The van der Waals surface area contributed by atoms with E-state index in [0.717, 1.165) is 24.8 Å².